The molecule has 30 heavy (non-hydrogen) atoms. The molecular weight excluding hydrogens is 374 g/mol. The highest BCUT2D eigenvalue weighted by Crippen LogP contribution is 2.37. The van der Waals surface area contributed by atoms with Crippen molar-refractivity contribution in [2.45, 2.75) is 39.0 Å². The normalized spacial score (nSPS) is 13.8. The van der Waals surface area contributed by atoms with Crippen LogP contribution in [0.1, 0.15) is 43.1 Å². The van der Waals surface area contributed by atoms with Gasteiger partial charge in [-0.3, -0.25) is 9.79 Å². The first-order valence-corrected chi connectivity index (χ1v) is 10.5. The summed E-state index contributed by atoms with van der Waals surface area (Å²) in [5.74, 6) is 1.33. The molecule has 0 atom stereocenters. The highest BCUT2D eigenvalue weighted by atomic mass is 16.5. The summed E-state index contributed by atoms with van der Waals surface area (Å²) in [5, 5.41) is 3.25. The number of fused-ring (bicyclic) bond motifs is 4. The molecule has 3 aromatic carbocycles. The minimum absolute atomic E-state index is 0.258. The fourth-order valence-electron chi connectivity index (χ4n) is 4.23. The van der Waals surface area contributed by atoms with Crippen LogP contribution in [0.15, 0.2) is 64.0 Å². The number of aryl methyl sites for hydroxylation is 2. The summed E-state index contributed by atoms with van der Waals surface area (Å²) >= 11 is 0. The number of benzene rings is 3. The standard InChI is InChI=1S/C26H23NO3/c1-2-25(28)30-23-14-15-24-26(19-11-5-6-13-22(19)29-24)20(23)16-27-21-12-7-9-17-8-3-4-10-18(17)21/h3-4,7-10,12,14-16H,2,5-6,11,13H2,1H3. The maximum atomic E-state index is 12.1. The van der Waals surface area contributed by atoms with Gasteiger partial charge in [-0.1, -0.05) is 43.3 Å². The summed E-state index contributed by atoms with van der Waals surface area (Å²) in [6, 6.07) is 18.0. The van der Waals surface area contributed by atoms with Crippen LogP contribution >= 0.6 is 0 Å². The van der Waals surface area contributed by atoms with Crippen LogP contribution in [0.25, 0.3) is 21.7 Å². The van der Waals surface area contributed by atoms with Crippen LogP contribution in [0, 0.1) is 0 Å². The van der Waals surface area contributed by atoms with Crippen LogP contribution in [0.5, 0.6) is 5.75 Å². The monoisotopic (exact) mass is 397 g/mol. The molecule has 1 aliphatic carbocycles. The molecule has 0 fully saturated rings. The van der Waals surface area contributed by atoms with Crippen LogP contribution in [-0.4, -0.2) is 12.2 Å². The third kappa shape index (κ3) is 3.28. The summed E-state index contributed by atoms with van der Waals surface area (Å²) in [7, 11) is 0. The van der Waals surface area contributed by atoms with Crippen LogP contribution < -0.4 is 4.74 Å². The van der Waals surface area contributed by atoms with E-state index in [4.69, 9.17) is 14.1 Å². The zero-order valence-electron chi connectivity index (χ0n) is 17.0. The summed E-state index contributed by atoms with van der Waals surface area (Å²) in [6.07, 6.45) is 6.36. The van der Waals surface area contributed by atoms with E-state index in [0.29, 0.717) is 12.2 Å². The number of furan rings is 1. The van der Waals surface area contributed by atoms with Crippen molar-refractivity contribution < 1.29 is 13.9 Å². The average molecular weight is 397 g/mol. The second-order valence-corrected chi connectivity index (χ2v) is 7.65. The smallest absolute Gasteiger partial charge is 0.310 e. The maximum absolute atomic E-state index is 12.1. The van der Waals surface area contributed by atoms with Crippen molar-refractivity contribution in [1.82, 2.24) is 0 Å². The Morgan fingerprint density at radius 1 is 1.07 bits per heavy atom. The van der Waals surface area contributed by atoms with E-state index in [9.17, 15) is 4.79 Å². The van der Waals surface area contributed by atoms with Crippen molar-refractivity contribution in [2.75, 3.05) is 0 Å². The first kappa shape index (κ1) is 18.6. The van der Waals surface area contributed by atoms with Gasteiger partial charge in [-0.2, -0.15) is 0 Å². The highest BCUT2D eigenvalue weighted by Gasteiger charge is 2.22. The average Bonchev–Trinajstić information content (AvgIpc) is 3.17. The Morgan fingerprint density at radius 3 is 2.80 bits per heavy atom. The second kappa shape index (κ2) is 7.79. The number of hydrogen-bond donors (Lipinski definition) is 0. The molecule has 4 nitrogen and oxygen atoms in total. The van der Waals surface area contributed by atoms with Gasteiger partial charge in [-0.05, 0) is 42.8 Å². The highest BCUT2D eigenvalue weighted by molar-refractivity contribution is 6.05. The van der Waals surface area contributed by atoms with Crippen molar-refractivity contribution in [2.24, 2.45) is 4.99 Å². The Kier molecular flexibility index (Phi) is 4.83. The first-order valence-electron chi connectivity index (χ1n) is 10.5. The van der Waals surface area contributed by atoms with Crippen molar-refractivity contribution in [1.29, 1.82) is 0 Å². The van der Waals surface area contributed by atoms with Crippen molar-refractivity contribution in [3.05, 3.63) is 71.5 Å². The minimum atomic E-state index is -0.258. The number of esters is 1. The SMILES string of the molecule is CCC(=O)Oc1ccc2oc3c(c2c1C=Nc1cccc2ccccc12)CCCC3. The van der Waals surface area contributed by atoms with E-state index < -0.39 is 0 Å². The molecule has 0 aliphatic heterocycles. The predicted octanol–water partition coefficient (Wildman–Crippen LogP) is 6.53. The summed E-state index contributed by atoms with van der Waals surface area (Å²) in [5.41, 5.74) is 3.76. The number of rotatable bonds is 4. The van der Waals surface area contributed by atoms with E-state index in [1.807, 2.05) is 42.6 Å². The van der Waals surface area contributed by atoms with Crippen molar-refractivity contribution in [3.8, 4) is 5.75 Å². The molecule has 0 amide bonds. The van der Waals surface area contributed by atoms with Crippen LogP contribution in [0.4, 0.5) is 5.69 Å². The van der Waals surface area contributed by atoms with Crippen LogP contribution in [0.3, 0.4) is 0 Å². The topological polar surface area (TPSA) is 51.8 Å². The lowest BCUT2D eigenvalue weighted by Gasteiger charge is -2.11. The zero-order valence-corrected chi connectivity index (χ0v) is 17.0. The van der Waals surface area contributed by atoms with Crippen molar-refractivity contribution >= 4 is 39.6 Å². The van der Waals surface area contributed by atoms with Gasteiger partial charge in [0.25, 0.3) is 0 Å². The number of carbonyl (C=O) groups is 1. The molecule has 0 radical (unpaired) electrons. The number of nitrogens with zero attached hydrogens (tertiary/aromatic N) is 1. The lowest BCUT2D eigenvalue weighted by Crippen LogP contribution is -2.08. The fourth-order valence-corrected chi connectivity index (χ4v) is 4.23. The van der Waals surface area contributed by atoms with Gasteiger partial charge in [0.2, 0.25) is 0 Å². The molecule has 1 aliphatic rings. The molecule has 1 aromatic heterocycles. The maximum Gasteiger partial charge on any atom is 0.310 e. The lowest BCUT2D eigenvalue weighted by molar-refractivity contribution is -0.134. The number of hydrogen-bond acceptors (Lipinski definition) is 4. The molecule has 4 heteroatoms. The molecule has 4 aromatic rings. The van der Waals surface area contributed by atoms with E-state index in [0.717, 1.165) is 64.4 Å². The molecule has 0 bridgehead atoms. The van der Waals surface area contributed by atoms with Crippen molar-refractivity contribution in [3.63, 3.8) is 0 Å². The van der Waals surface area contributed by atoms with E-state index in [2.05, 4.69) is 18.2 Å². The Hall–Kier alpha value is -3.40. The third-order valence-electron chi connectivity index (χ3n) is 5.73. The van der Waals surface area contributed by atoms with Gasteiger partial charge in [-0.15, -0.1) is 0 Å². The molecule has 150 valence electrons. The molecule has 0 saturated heterocycles. The van der Waals surface area contributed by atoms with Crippen LogP contribution in [0.2, 0.25) is 0 Å². The first-order chi connectivity index (χ1) is 14.7. The fraction of sp³-hybridized carbons (Fsp3) is 0.231. The zero-order chi connectivity index (χ0) is 20.5. The predicted molar refractivity (Wildman–Crippen MR) is 120 cm³/mol. The van der Waals surface area contributed by atoms with Crippen LogP contribution in [-0.2, 0) is 17.6 Å². The lowest BCUT2D eigenvalue weighted by atomic mass is 9.94. The van der Waals surface area contributed by atoms with E-state index >= 15 is 0 Å². The Bertz CT molecular complexity index is 1280. The molecule has 5 rings (SSSR count). The van der Waals surface area contributed by atoms with Gasteiger partial charge in [0.05, 0.1) is 5.69 Å². The van der Waals surface area contributed by atoms with Gasteiger partial charge < -0.3 is 9.15 Å². The molecule has 0 spiro atoms. The summed E-state index contributed by atoms with van der Waals surface area (Å²) in [6.45, 7) is 1.80. The molecule has 1 heterocycles. The summed E-state index contributed by atoms with van der Waals surface area (Å²) in [4.78, 5) is 16.9. The van der Waals surface area contributed by atoms with Gasteiger partial charge in [0.15, 0.2) is 0 Å². The molecular formula is C26H23NO3. The number of carbonyl (C=O) groups excluding carboxylic acids is 1. The molecule has 0 N–H and O–H groups in total. The minimum Gasteiger partial charge on any atom is -0.461 e. The van der Waals surface area contributed by atoms with Gasteiger partial charge in [0, 0.05) is 41.0 Å². The van der Waals surface area contributed by atoms with Gasteiger partial charge in [-0.25, -0.2) is 0 Å². The van der Waals surface area contributed by atoms with E-state index in [-0.39, 0.29) is 5.97 Å². The largest absolute Gasteiger partial charge is 0.461 e. The Balaban J connectivity index is 1.69. The number of ether oxygens (including phenoxy) is 1. The van der Waals surface area contributed by atoms with Gasteiger partial charge in [0.1, 0.15) is 17.1 Å². The third-order valence-corrected chi connectivity index (χ3v) is 5.73. The quantitative estimate of drug-likeness (QED) is 0.223. The summed E-state index contributed by atoms with van der Waals surface area (Å²) < 4.78 is 11.8. The van der Waals surface area contributed by atoms with Gasteiger partial charge >= 0.3 is 5.97 Å². The second-order valence-electron chi connectivity index (χ2n) is 7.65. The Labute approximate surface area is 175 Å². The molecule has 0 saturated carbocycles. The number of aliphatic imine (C=N–C) groups is 1. The van der Waals surface area contributed by atoms with E-state index in [1.165, 1.54) is 5.56 Å². The Morgan fingerprint density at radius 2 is 1.90 bits per heavy atom. The van der Waals surface area contributed by atoms with E-state index in [1.54, 1.807) is 6.92 Å². The molecule has 0 unspecified atom stereocenters.